The van der Waals surface area contributed by atoms with Gasteiger partial charge in [-0.15, -0.1) is 0 Å². The van der Waals surface area contributed by atoms with Gasteiger partial charge in [0.25, 0.3) is 5.91 Å². The van der Waals surface area contributed by atoms with Crippen molar-refractivity contribution in [2.75, 3.05) is 6.54 Å². The maximum atomic E-state index is 11.9. The fraction of sp³-hybridized carbons (Fsp3) is 0.500. The molecule has 100 valence electrons. The van der Waals surface area contributed by atoms with Crippen LogP contribution in [-0.2, 0) is 0 Å². The van der Waals surface area contributed by atoms with Gasteiger partial charge < -0.3 is 15.5 Å². The average molecular weight is 251 g/mol. The smallest absolute Gasteiger partial charge is 0.255 e. The number of para-hydroxylation sites is 1. The van der Waals surface area contributed by atoms with Crippen molar-refractivity contribution in [3.05, 3.63) is 29.8 Å². The molecule has 0 spiro atoms. The fourth-order valence-electron chi connectivity index (χ4n) is 1.95. The van der Waals surface area contributed by atoms with Crippen LogP contribution < -0.4 is 5.32 Å². The van der Waals surface area contributed by atoms with Gasteiger partial charge in [0.15, 0.2) is 0 Å². The first-order valence-corrected chi connectivity index (χ1v) is 6.06. The molecule has 1 aromatic carbocycles. The second-order valence-corrected chi connectivity index (χ2v) is 5.42. The molecule has 1 atom stereocenters. The summed E-state index contributed by atoms with van der Waals surface area (Å²) in [6, 6.07) is 6.43. The van der Waals surface area contributed by atoms with E-state index in [4.69, 9.17) is 0 Å². The highest BCUT2D eigenvalue weighted by Crippen LogP contribution is 2.22. The van der Waals surface area contributed by atoms with Gasteiger partial charge in [0, 0.05) is 6.54 Å². The summed E-state index contributed by atoms with van der Waals surface area (Å²) < 4.78 is 0. The first-order chi connectivity index (χ1) is 8.32. The van der Waals surface area contributed by atoms with Gasteiger partial charge in [-0.25, -0.2) is 0 Å². The minimum atomic E-state index is -0.401. The Kier molecular flexibility index (Phi) is 4.73. The highest BCUT2D eigenvalue weighted by atomic mass is 16.3. The summed E-state index contributed by atoms with van der Waals surface area (Å²) in [5.74, 6) is -0.324. The lowest BCUT2D eigenvalue weighted by molar-refractivity contribution is 0.0899. The van der Waals surface area contributed by atoms with Crippen LogP contribution >= 0.6 is 0 Å². The largest absolute Gasteiger partial charge is 0.507 e. The predicted molar refractivity (Wildman–Crippen MR) is 70.5 cm³/mol. The first-order valence-electron chi connectivity index (χ1n) is 6.06. The first kappa shape index (κ1) is 14.5. The van der Waals surface area contributed by atoms with Gasteiger partial charge in [-0.05, 0) is 30.9 Å². The van der Waals surface area contributed by atoms with Crippen LogP contribution in [0.2, 0.25) is 0 Å². The number of aromatic hydroxyl groups is 1. The van der Waals surface area contributed by atoms with Crippen LogP contribution in [0, 0.1) is 5.41 Å². The molecular formula is C14H21NO3. The van der Waals surface area contributed by atoms with Crippen molar-refractivity contribution in [2.45, 2.75) is 33.3 Å². The van der Waals surface area contributed by atoms with Crippen LogP contribution in [0.3, 0.4) is 0 Å². The van der Waals surface area contributed by atoms with Crippen molar-refractivity contribution >= 4 is 5.91 Å². The highest BCUT2D eigenvalue weighted by Gasteiger charge is 2.21. The summed E-state index contributed by atoms with van der Waals surface area (Å²) in [7, 11) is 0. The number of rotatable bonds is 5. The quantitative estimate of drug-likeness (QED) is 0.748. The van der Waals surface area contributed by atoms with Crippen molar-refractivity contribution in [2.24, 2.45) is 5.41 Å². The zero-order valence-electron chi connectivity index (χ0n) is 11.1. The number of nitrogens with one attached hydrogen (secondary N) is 1. The van der Waals surface area contributed by atoms with E-state index in [9.17, 15) is 15.0 Å². The van der Waals surface area contributed by atoms with Gasteiger partial charge in [-0.1, -0.05) is 26.0 Å². The van der Waals surface area contributed by atoms with E-state index in [1.54, 1.807) is 25.1 Å². The Morgan fingerprint density at radius 2 is 2.00 bits per heavy atom. The van der Waals surface area contributed by atoms with E-state index in [0.717, 1.165) is 0 Å². The molecule has 1 unspecified atom stereocenters. The predicted octanol–water partition coefficient (Wildman–Crippen LogP) is 1.92. The summed E-state index contributed by atoms with van der Waals surface area (Å²) >= 11 is 0. The molecule has 4 nitrogen and oxygen atoms in total. The zero-order chi connectivity index (χ0) is 13.8. The second kappa shape index (κ2) is 5.87. The molecule has 1 amide bonds. The lowest BCUT2D eigenvalue weighted by Crippen LogP contribution is -2.35. The molecule has 0 bridgehead atoms. The number of hydrogen-bond donors (Lipinski definition) is 3. The van der Waals surface area contributed by atoms with Crippen LogP contribution in [-0.4, -0.2) is 28.8 Å². The third kappa shape index (κ3) is 4.37. The normalized spacial score (nSPS) is 13.1. The van der Waals surface area contributed by atoms with E-state index in [0.29, 0.717) is 13.0 Å². The number of aliphatic hydroxyl groups is 1. The minimum Gasteiger partial charge on any atom is -0.507 e. The topological polar surface area (TPSA) is 69.6 Å². The molecule has 0 aliphatic heterocycles. The van der Waals surface area contributed by atoms with Crippen molar-refractivity contribution in [3.63, 3.8) is 0 Å². The molecule has 0 fully saturated rings. The van der Waals surface area contributed by atoms with E-state index >= 15 is 0 Å². The van der Waals surface area contributed by atoms with Crippen LogP contribution in [0.5, 0.6) is 5.75 Å². The molecular weight excluding hydrogens is 230 g/mol. The van der Waals surface area contributed by atoms with E-state index < -0.39 is 6.10 Å². The maximum absolute atomic E-state index is 11.9. The Labute approximate surface area is 108 Å². The number of amides is 1. The second-order valence-electron chi connectivity index (χ2n) is 5.42. The van der Waals surface area contributed by atoms with E-state index in [1.807, 2.05) is 13.8 Å². The van der Waals surface area contributed by atoms with Gasteiger partial charge in [0.1, 0.15) is 5.75 Å². The number of phenols is 1. The lowest BCUT2D eigenvalue weighted by atomic mass is 9.87. The Bertz CT molecular complexity index is 413. The number of hydrogen-bond acceptors (Lipinski definition) is 3. The maximum Gasteiger partial charge on any atom is 0.255 e. The molecule has 18 heavy (non-hydrogen) atoms. The standard InChI is InChI=1S/C14H21NO3/c1-10(16)8-14(2,3)9-15-13(18)11-6-4-5-7-12(11)17/h4-7,10,16-17H,8-9H2,1-3H3,(H,15,18). The molecule has 1 aromatic rings. The minimum absolute atomic E-state index is 0.0247. The highest BCUT2D eigenvalue weighted by molar-refractivity contribution is 5.96. The van der Waals surface area contributed by atoms with Crippen LogP contribution in [0.25, 0.3) is 0 Å². The fourth-order valence-corrected chi connectivity index (χ4v) is 1.95. The van der Waals surface area contributed by atoms with Gasteiger partial charge in [-0.3, -0.25) is 4.79 Å². The summed E-state index contributed by atoms with van der Waals surface area (Å²) in [5.41, 5.74) is 0.0826. The molecule has 3 N–H and O–H groups in total. The molecule has 1 rings (SSSR count). The Hall–Kier alpha value is -1.55. The van der Waals surface area contributed by atoms with Gasteiger partial charge in [-0.2, -0.15) is 0 Å². The van der Waals surface area contributed by atoms with Crippen LogP contribution in [0.4, 0.5) is 0 Å². The lowest BCUT2D eigenvalue weighted by Gasteiger charge is -2.26. The van der Waals surface area contributed by atoms with E-state index in [1.165, 1.54) is 6.07 Å². The molecule has 0 aliphatic carbocycles. The molecule has 0 heterocycles. The zero-order valence-corrected chi connectivity index (χ0v) is 11.1. The summed E-state index contributed by atoms with van der Waals surface area (Å²) in [6.45, 7) is 6.13. The van der Waals surface area contributed by atoms with Crippen molar-refractivity contribution in [3.8, 4) is 5.75 Å². The Morgan fingerprint density at radius 1 is 1.39 bits per heavy atom. The number of benzene rings is 1. The van der Waals surface area contributed by atoms with Gasteiger partial charge in [0.2, 0.25) is 0 Å². The van der Waals surface area contributed by atoms with Gasteiger partial charge >= 0.3 is 0 Å². The van der Waals surface area contributed by atoms with Gasteiger partial charge in [0.05, 0.1) is 11.7 Å². The molecule has 0 aliphatic rings. The Balaban J connectivity index is 2.59. The average Bonchev–Trinajstić information content (AvgIpc) is 2.25. The molecule has 4 heteroatoms. The van der Waals surface area contributed by atoms with Crippen molar-refractivity contribution in [1.82, 2.24) is 5.32 Å². The van der Waals surface area contributed by atoms with Crippen LogP contribution in [0.1, 0.15) is 37.6 Å². The number of phenolic OH excluding ortho intramolecular Hbond substituents is 1. The third-order valence-corrected chi connectivity index (χ3v) is 2.72. The van der Waals surface area contributed by atoms with E-state index in [-0.39, 0.29) is 22.6 Å². The number of carbonyl (C=O) groups is 1. The molecule has 0 saturated heterocycles. The Morgan fingerprint density at radius 3 is 2.56 bits per heavy atom. The number of carbonyl (C=O) groups excluding carboxylic acids is 1. The molecule has 0 radical (unpaired) electrons. The SMILES string of the molecule is CC(O)CC(C)(C)CNC(=O)c1ccccc1O. The summed E-state index contributed by atoms with van der Waals surface area (Å²) in [5, 5.41) is 21.7. The summed E-state index contributed by atoms with van der Waals surface area (Å²) in [6.07, 6.45) is 0.204. The summed E-state index contributed by atoms with van der Waals surface area (Å²) in [4.78, 5) is 11.9. The third-order valence-electron chi connectivity index (χ3n) is 2.72. The van der Waals surface area contributed by atoms with Crippen molar-refractivity contribution in [1.29, 1.82) is 0 Å². The monoisotopic (exact) mass is 251 g/mol. The van der Waals surface area contributed by atoms with Crippen molar-refractivity contribution < 1.29 is 15.0 Å². The molecule has 0 aromatic heterocycles. The van der Waals surface area contributed by atoms with E-state index in [2.05, 4.69) is 5.32 Å². The number of aliphatic hydroxyl groups excluding tert-OH is 1. The van der Waals surface area contributed by atoms with Crippen LogP contribution in [0.15, 0.2) is 24.3 Å². The molecule has 0 saturated carbocycles.